The maximum Gasteiger partial charge on any atom is 0.165 e. The number of pyridine rings is 1. The van der Waals surface area contributed by atoms with Gasteiger partial charge in [0.05, 0.1) is 18.1 Å². The summed E-state index contributed by atoms with van der Waals surface area (Å²) in [4.78, 5) is 4.35. The van der Waals surface area contributed by atoms with E-state index in [4.69, 9.17) is 4.74 Å². The van der Waals surface area contributed by atoms with Gasteiger partial charge in [-0.2, -0.15) is 5.10 Å². The molecule has 114 valence electrons. The van der Waals surface area contributed by atoms with Crippen LogP contribution >= 0.6 is 0 Å². The number of nitrogens with zero attached hydrogens (tertiary/aromatic N) is 3. The Labute approximate surface area is 126 Å². The predicted molar refractivity (Wildman–Crippen MR) is 83.5 cm³/mol. The molecule has 1 N–H and O–H groups in total. The Bertz CT molecular complexity index is 584. The quantitative estimate of drug-likeness (QED) is 0.914. The van der Waals surface area contributed by atoms with Gasteiger partial charge in [0.2, 0.25) is 0 Å². The SMILES string of the molecule is CC(C)n1cc(Oc2ccnc(CNC(C)(C)C)c2)cn1. The van der Waals surface area contributed by atoms with Crippen LogP contribution in [0.15, 0.2) is 30.7 Å². The van der Waals surface area contributed by atoms with Gasteiger partial charge in [-0.05, 0) is 40.7 Å². The van der Waals surface area contributed by atoms with Crippen LogP contribution in [-0.2, 0) is 6.54 Å². The highest BCUT2D eigenvalue weighted by Crippen LogP contribution is 2.22. The molecule has 5 heteroatoms. The van der Waals surface area contributed by atoms with Crippen molar-refractivity contribution in [2.24, 2.45) is 0 Å². The molecule has 0 radical (unpaired) electrons. The van der Waals surface area contributed by atoms with Crippen molar-refractivity contribution in [2.75, 3.05) is 0 Å². The lowest BCUT2D eigenvalue weighted by atomic mass is 10.1. The summed E-state index contributed by atoms with van der Waals surface area (Å²) in [5, 5.41) is 7.68. The van der Waals surface area contributed by atoms with E-state index in [1.807, 2.05) is 23.0 Å². The van der Waals surface area contributed by atoms with Gasteiger partial charge in [0, 0.05) is 30.4 Å². The van der Waals surface area contributed by atoms with Crippen molar-refractivity contribution in [1.82, 2.24) is 20.1 Å². The maximum absolute atomic E-state index is 5.83. The van der Waals surface area contributed by atoms with E-state index in [-0.39, 0.29) is 5.54 Å². The lowest BCUT2D eigenvalue weighted by Crippen LogP contribution is -2.35. The number of nitrogens with one attached hydrogen (secondary N) is 1. The van der Waals surface area contributed by atoms with Crippen LogP contribution in [0.4, 0.5) is 0 Å². The van der Waals surface area contributed by atoms with Crippen molar-refractivity contribution < 1.29 is 4.74 Å². The molecule has 0 aliphatic heterocycles. The third kappa shape index (κ3) is 4.86. The van der Waals surface area contributed by atoms with E-state index in [1.165, 1.54) is 0 Å². The van der Waals surface area contributed by atoms with Crippen molar-refractivity contribution in [3.63, 3.8) is 0 Å². The van der Waals surface area contributed by atoms with E-state index >= 15 is 0 Å². The van der Waals surface area contributed by atoms with Gasteiger partial charge in [0.15, 0.2) is 5.75 Å². The molecular formula is C16H24N4O. The first-order valence-corrected chi connectivity index (χ1v) is 7.25. The third-order valence-electron chi connectivity index (χ3n) is 2.93. The third-order valence-corrected chi connectivity index (χ3v) is 2.93. The Morgan fingerprint density at radius 3 is 2.67 bits per heavy atom. The second-order valence-corrected chi connectivity index (χ2v) is 6.44. The topological polar surface area (TPSA) is 52.0 Å². The predicted octanol–water partition coefficient (Wildman–Crippen LogP) is 3.54. The van der Waals surface area contributed by atoms with Crippen LogP contribution in [-0.4, -0.2) is 20.3 Å². The van der Waals surface area contributed by atoms with Crippen LogP contribution in [0.25, 0.3) is 0 Å². The van der Waals surface area contributed by atoms with Crippen molar-refractivity contribution in [3.05, 3.63) is 36.4 Å². The summed E-state index contributed by atoms with van der Waals surface area (Å²) in [7, 11) is 0. The molecule has 0 atom stereocenters. The average Bonchev–Trinajstić information content (AvgIpc) is 2.85. The number of rotatable bonds is 5. The van der Waals surface area contributed by atoms with Gasteiger partial charge < -0.3 is 10.1 Å². The molecule has 0 aliphatic rings. The first-order chi connectivity index (χ1) is 9.83. The summed E-state index contributed by atoms with van der Waals surface area (Å²) >= 11 is 0. The maximum atomic E-state index is 5.83. The molecule has 21 heavy (non-hydrogen) atoms. The fourth-order valence-electron chi connectivity index (χ4n) is 1.76. The molecule has 2 heterocycles. The number of hydrogen-bond donors (Lipinski definition) is 1. The van der Waals surface area contributed by atoms with Crippen LogP contribution in [0.1, 0.15) is 46.4 Å². The fraction of sp³-hybridized carbons (Fsp3) is 0.500. The van der Waals surface area contributed by atoms with Crippen molar-refractivity contribution in [2.45, 2.75) is 52.7 Å². The highest BCUT2D eigenvalue weighted by atomic mass is 16.5. The molecule has 2 aromatic heterocycles. The second kappa shape index (κ2) is 6.26. The zero-order chi connectivity index (χ0) is 15.5. The summed E-state index contributed by atoms with van der Waals surface area (Å²) in [5.74, 6) is 1.52. The molecule has 0 amide bonds. The lowest BCUT2D eigenvalue weighted by molar-refractivity contribution is 0.419. The van der Waals surface area contributed by atoms with E-state index in [0.29, 0.717) is 12.6 Å². The molecule has 0 aromatic carbocycles. The fourth-order valence-corrected chi connectivity index (χ4v) is 1.76. The first kappa shape index (κ1) is 15.5. The Morgan fingerprint density at radius 2 is 2.05 bits per heavy atom. The first-order valence-electron chi connectivity index (χ1n) is 7.25. The standard InChI is InChI=1S/C16H24N4O/c1-12(2)20-11-15(10-19-20)21-14-6-7-17-13(8-14)9-18-16(3,4)5/h6-8,10-12,18H,9H2,1-5H3. The molecule has 0 unspecified atom stereocenters. The summed E-state index contributed by atoms with van der Waals surface area (Å²) in [6.45, 7) is 11.3. The van der Waals surface area contributed by atoms with E-state index < -0.39 is 0 Å². The highest BCUT2D eigenvalue weighted by molar-refractivity contribution is 5.28. The van der Waals surface area contributed by atoms with E-state index in [0.717, 1.165) is 17.2 Å². The molecule has 0 bridgehead atoms. The Morgan fingerprint density at radius 1 is 1.29 bits per heavy atom. The number of aromatic nitrogens is 3. The van der Waals surface area contributed by atoms with Gasteiger partial charge in [-0.25, -0.2) is 0 Å². The van der Waals surface area contributed by atoms with Crippen molar-refractivity contribution >= 4 is 0 Å². The van der Waals surface area contributed by atoms with Crippen molar-refractivity contribution in [1.29, 1.82) is 0 Å². The van der Waals surface area contributed by atoms with Gasteiger partial charge in [0.1, 0.15) is 5.75 Å². The molecular weight excluding hydrogens is 264 g/mol. The second-order valence-electron chi connectivity index (χ2n) is 6.44. The summed E-state index contributed by atoms with van der Waals surface area (Å²) in [6, 6.07) is 4.13. The minimum Gasteiger partial charge on any atom is -0.454 e. The summed E-state index contributed by atoms with van der Waals surface area (Å²) in [6.07, 6.45) is 5.40. The summed E-state index contributed by atoms with van der Waals surface area (Å²) < 4.78 is 7.70. The summed E-state index contributed by atoms with van der Waals surface area (Å²) in [5.41, 5.74) is 1.02. The average molecular weight is 288 g/mol. The number of ether oxygens (including phenoxy) is 1. The molecule has 0 spiro atoms. The number of hydrogen-bond acceptors (Lipinski definition) is 4. The van der Waals surface area contributed by atoms with Gasteiger partial charge >= 0.3 is 0 Å². The molecule has 0 saturated carbocycles. The minimum absolute atomic E-state index is 0.0664. The molecule has 2 rings (SSSR count). The van der Waals surface area contributed by atoms with Gasteiger partial charge in [-0.3, -0.25) is 9.67 Å². The van der Waals surface area contributed by atoms with Crippen LogP contribution in [0, 0.1) is 0 Å². The van der Waals surface area contributed by atoms with E-state index in [1.54, 1.807) is 12.4 Å². The normalized spacial score (nSPS) is 11.9. The van der Waals surface area contributed by atoms with E-state index in [2.05, 4.69) is 50.0 Å². The molecule has 0 fully saturated rings. The molecule has 5 nitrogen and oxygen atoms in total. The Balaban J connectivity index is 2.03. The van der Waals surface area contributed by atoms with Crippen LogP contribution in [0.2, 0.25) is 0 Å². The monoisotopic (exact) mass is 288 g/mol. The van der Waals surface area contributed by atoms with Crippen LogP contribution in [0.5, 0.6) is 11.5 Å². The van der Waals surface area contributed by atoms with Crippen LogP contribution < -0.4 is 10.1 Å². The smallest absolute Gasteiger partial charge is 0.165 e. The highest BCUT2D eigenvalue weighted by Gasteiger charge is 2.10. The molecule has 0 saturated heterocycles. The van der Waals surface area contributed by atoms with Crippen LogP contribution in [0.3, 0.4) is 0 Å². The zero-order valence-corrected chi connectivity index (χ0v) is 13.4. The van der Waals surface area contributed by atoms with Gasteiger partial charge in [-0.1, -0.05) is 0 Å². The lowest BCUT2D eigenvalue weighted by Gasteiger charge is -2.20. The van der Waals surface area contributed by atoms with E-state index in [9.17, 15) is 0 Å². The zero-order valence-electron chi connectivity index (χ0n) is 13.4. The Hall–Kier alpha value is -1.88. The van der Waals surface area contributed by atoms with Gasteiger partial charge in [0.25, 0.3) is 0 Å². The molecule has 2 aromatic rings. The molecule has 0 aliphatic carbocycles. The van der Waals surface area contributed by atoms with Gasteiger partial charge in [-0.15, -0.1) is 0 Å². The minimum atomic E-state index is 0.0664. The Kier molecular flexibility index (Phi) is 4.63. The van der Waals surface area contributed by atoms with Crippen molar-refractivity contribution in [3.8, 4) is 11.5 Å². The largest absolute Gasteiger partial charge is 0.454 e.